The highest BCUT2D eigenvalue weighted by Gasteiger charge is 2.27. The molecule has 0 aromatic heterocycles. The molecular formula is C12H17NO3S. The van der Waals surface area contributed by atoms with E-state index in [-0.39, 0.29) is 11.9 Å². The average molecular weight is 255 g/mol. The van der Waals surface area contributed by atoms with Crippen molar-refractivity contribution in [1.29, 1.82) is 0 Å². The predicted octanol–water partition coefficient (Wildman–Crippen LogP) is 1.24. The molecule has 1 saturated heterocycles. The third kappa shape index (κ3) is 3.28. The van der Waals surface area contributed by atoms with Crippen LogP contribution in [0, 0.1) is 0 Å². The van der Waals surface area contributed by atoms with E-state index < -0.39 is 10.0 Å². The second kappa shape index (κ2) is 5.16. The van der Waals surface area contributed by atoms with Gasteiger partial charge < -0.3 is 4.74 Å². The van der Waals surface area contributed by atoms with Gasteiger partial charge in [0.2, 0.25) is 10.0 Å². The summed E-state index contributed by atoms with van der Waals surface area (Å²) in [5.74, 6) is 0.0700. The van der Waals surface area contributed by atoms with E-state index in [1.54, 1.807) is 0 Å². The third-order valence-corrected chi connectivity index (χ3v) is 4.61. The molecule has 1 fully saturated rings. The Hall–Kier alpha value is -0.910. The Morgan fingerprint density at radius 3 is 2.71 bits per heavy atom. The van der Waals surface area contributed by atoms with E-state index >= 15 is 0 Å². The normalized spacial score (nSPS) is 22.5. The zero-order valence-corrected chi connectivity index (χ0v) is 10.7. The van der Waals surface area contributed by atoms with Gasteiger partial charge >= 0.3 is 0 Å². The largest absolute Gasteiger partial charge is 0.376 e. The zero-order chi connectivity index (χ0) is 12.3. The third-order valence-electron chi connectivity index (χ3n) is 2.79. The maximum absolute atomic E-state index is 12.2. The van der Waals surface area contributed by atoms with Gasteiger partial charge in [0.1, 0.15) is 0 Å². The molecule has 0 radical (unpaired) electrons. The van der Waals surface area contributed by atoms with Crippen LogP contribution < -0.4 is 0 Å². The lowest BCUT2D eigenvalue weighted by atomic mass is 10.2. The van der Waals surface area contributed by atoms with Crippen LogP contribution in [0.1, 0.15) is 12.5 Å². The van der Waals surface area contributed by atoms with Gasteiger partial charge in [-0.2, -0.15) is 4.31 Å². The van der Waals surface area contributed by atoms with Crippen molar-refractivity contribution in [3.05, 3.63) is 35.9 Å². The van der Waals surface area contributed by atoms with Gasteiger partial charge in [-0.3, -0.25) is 0 Å². The maximum atomic E-state index is 12.2. The van der Waals surface area contributed by atoms with Crippen molar-refractivity contribution < 1.29 is 13.2 Å². The van der Waals surface area contributed by atoms with Crippen LogP contribution in [0.5, 0.6) is 0 Å². The summed E-state index contributed by atoms with van der Waals surface area (Å²) in [4.78, 5) is 0. The molecule has 0 bridgehead atoms. The molecule has 4 nitrogen and oxygen atoms in total. The van der Waals surface area contributed by atoms with Crippen molar-refractivity contribution in [2.45, 2.75) is 18.8 Å². The lowest BCUT2D eigenvalue weighted by molar-refractivity contribution is 0.0101. The maximum Gasteiger partial charge on any atom is 0.218 e. The van der Waals surface area contributed by atoms with Crippen LogP contribution in [0.3, 0.4) is 0 Å². The van der Waals surface area contributed by atoms with Crippen molar-refractivity contribution in [3.8, 4) is 0 Å². The molecule has 0 aliphatic carbocycles. The number of morpholine rings is 1. The first-order valence-electron chi connectivity index (χ1n) is 5.71. The van der Waals surface area contributed by atoms with Gasteiger partial charge in [-0.05, 0) is 12.5 Å². The summed E-state index contributed by atoms with van der Waals surface area (Å²) in [5, 5.41) is 0. The summed E-state index contributed by atoms with van der Waals surface area (Å²) in [5.41, 5.74) is 0.826. The summed E-state index contributed by atoms with van der Waals surface area (Å²) in [7, 11) is -3.22. The quantitative estimate of drug-likeness (QED) is 0.816. The molecule has 1 aliphatic heterocycles. The summed E-state index contributed by atoms with van der Waals surface area (Å²) in [6, 6.07) is 9.26. The first kappa shape index (κ1) is 12.5. The standard InChI is InChI=1S/C12H17NO3S/c1-11-9-13(7-8-16-11)17(14,15)10-12-5-3-2-4-6-12/h2-6,11H,7-10H2,1H3. The van der Waals surface area contributed by atoms with Crippen LogP contribution in [0.4, 0.5) is 0 Å². The zero-order valence-electron chi connectivity index (χ0n) is 9.87. The highest BCUT2D eigenvalue weighted by Crippen LogP contribution is 2.14. The number of hydrogen-bond donors (Lipinski definition) is 0. The van der Waals surface area contributed by atoms with E-state index in [2.05, 4.69) is 0 Å². The second-order valence-corrected chi connectivity index (χ2v) is 6.25. The molecule has 1 unspecified atom stereocenters. The van der Waals surface area contributed by atoms with Crippen molar-refractivity contribution in [2.24, 2.45) is 0 Å². The topological polar surface area (TPSA) is 46.6 Å². The Labute approximate surface area is 102 Å². The Morgan fingerprint density at radius 2 is 2.06 bits per heavy atom. The molecule has 1 aliphatic rings. The van der Waals surface area contributed by atoms with Crippen molar-refractivity contribution >= 4 is 10.0 Å². The summed E-state index contributed by atoms with van der Waals surface area (Å²) in [6.45, 7) is 3.29. The van der Waals surface area contributed by atoms with E-state index in [0.29, 0.717) is 19.7 Å². The highest BCUT2D eigenvalue weighted by molar-refractivity contribution is 7.88. The molecule has 94 valence electrons. The van der Waals surface area contributed by atoms with Crippen LogP contribution in [-0.2, 0) is 20.5 Å². The number of rotatable bonds is 3. The van der Waals surface area contributed by atoms with E-state index in [4.69, 9.17) is 4.74 Å². The van der Waals surface area contributed by atoms with Crippen LogP contribution in [0.15, 0.2) is 30.3 Å². The molecule has 1 heterocycles. The van der Waals surface area contributed by atoms with Crippen LogP contribution in [-0.4, -0.2) is 38.5 Å². The molecule has 0 N–H and O–H groups in total. The molecule has 2 rings (SSSR count). The van der Waals surface area contributed by atoms with Crippen LogP contribution in [0.2, 0.25) is 0 Å². The second-order valence-electron chi connectivity index (χ2n) is 4.28. The van der Waals surface area contributed by atoms with Gasteiger partial charge in [0.05, 0.1) is 18.5 Å². The highest BCUT2D eigenvalue weighted by atomic mass is 32.2. The van der Waals surface area contributed by atoms with E-state index in [1.165, 1.54) is 4.31 Å². The van der Waals surface area contributed by atoms with Gasteiger partial charge in [-0.15, -0.1) is 0 Å². The van der Waals surface area contributed by atoms with Gasteiger partial charge in [0.15, 0.2) is 0 Å². The Bertz CT molecular complexity index is 458. The monoisotopic (exact) mass is 255 g/mol. The van der Waals surface area contributed by atoms with Crippen molar-refractivity contribution in [2.75, 3.05) is 19.7 Å². The summed E-state index contributed by atoms with van der Waals surface area (Å²) < 4.78 is 31.2. The Balaban J connectivity index is 2.08. The Morgan fingerprint density at radius 1 is 1.35 bits per heavy atom. The smallest absolute Gasteiger partial charge is 0.218 e. The number of nitrogens with zero attached hydrogens (tertiary/aromatic N) is 1. The van der Waals surface area contributed by atoms with Crippen molar-refractivity contribution in [3.63, 3.8) is 0 Å². The summed E-state index contributed by atoms with van der Waals surface area (Å²) in [6.07, 6.45) is -0.0192. The molecule has 5 heteroatoms. The number of hydrogen-bond acceptors (Lipinski definition) is 3. The minimum atomic E-state index is -3.22. The fourth-order valence-electron chi connectivity index (χ4n) is 1.92. The fourth-order valence-corrected chi connectivity index (χ4v) is 3.50. The number of benzene rings is 1. The molecule has 0 spiro atoms. The molecule has 1 aromatic rings. The minimum Gasteiger partial charge on any atom is -0.376 e. The minimum absolute atomic E-state index is 0.0192. The van der Waals surface area contributed by atoms with Crippen molar-refractivity contribution in [1.82, 2.24) is 4.31 Å². The summed E-state index contributed by atoms with van der Waals surface area (Å²) >= 11 is 0. The fraction of sp³-hybridized carbons (Fsp3) is 0.500. The average Bonchev–Trinajstić information content (AvgIpc) is 2.30. The van der Waals surface area contributed by atoms with Gasteiger partial charge in [0, 0.05) is 13.1 Å². The van der Waals surface area contributed by atoms with E-state index in [0.717, 1.165) is 5.56 Å². The Kier molecular flexibility index (Phi) is 3.81. The molecule has 1 atom stereocenters. The first-order chi connectivity index (χ1) is 8.08. The molecule has 0 saturated carbocycles. The molecule has 0 amide bonds. The first-order valence-corrected chi connectivity index (χ1v) is 7.32. The SMILES string of the molecule is CC1CN(S(=O)(=O)Cc2ccccc2)CCO1. The lowest BCUT2D eigenvalue weighted by Crippen LogP contribution is -2.44. The predicted molar refractivity (Wildman–Crippen MR) is 66.1 cm³/mol. The van der Waals surface area contributed by atoms with Gasteiger partial charge in [-0.1, -0.05) is 30.3 Å². The van der Waals surface area contributed by atoms with Gasteiger partial charge in [0.25, 0.3) is 0 Å². The number of ether oxygens (including phenoxy) is 1. The molecule has 1 aromatic carbocycles. The molecule has 17 heavy (non-hydrogen) atoms. The van der Waals surface area contributed by atoms with E-state index in [1.807, 2.05) is 37.3 Å². The number of sulfonamides is 1. The van der Waals surface area contributed by atoms with E-state index in [9.17, 15) is 8.42 Å². The lowest BCUT2D eigenvalue weighted by Gasteiger charge is -2.30. The van der Waals surface area contributed by atoms with Crippen LogP contribution in [0.25, 0.3) is 0 Å². The van der Waals surface area contributed by atoms with Gasteiger partial charge in [-0.25, -0.2) is 8.42 Å². The van der Waals surface area contributed by atoms with Crippen LogP contribution >= 0.6 is 0 Å². The molecular weight excluding hydrogens is 238 g/mol.